The highest BCUT2D eigenvalue weighted by Crippen LogP contribution is 2.37. The number of methoxy groups -OCH3 is 2. The molecule has 0 amide bonds. The Morgan fingerprint density at radius 2 is 1.95 bits per heavy atom. The molecule has 0 spiro atoms. The van der Waals surface area contributed by atoms with Crippen molar-refractivity contribution in [1.82, 2.24) is 0 Å². The number of carbonyl (C=O) groups is 1. The summed E-state index contributed by atoms with van der Waals surface area (Å²) < 4.78 is 23.9. The van der Waals surface area contributed by atoms with E-state index in [0.717, 1.165) is 0 Å². The highest BCUT2D eigenvalue weighted by molar-refractivity contribution is 5.70. The van der Waals surface area contributed by atoms with Gasteiger partial charge in [-0.2, -0.15) is 0 Å². The topological polar surface area (TPSA) is 55.8 Å². The Morgan fingerprint density at radius 3 is 2.37 bits per heavy atom. The molecular weight excluding hydrogens is 251 g/mol. The maximum Gasteiger partial charge on any atom is 0.306 e. The van der Waals surface area contributed by atoms with Crippen molar-refractivity contribution in [3.63, 3.8) is 0 Å². The van der Waals surface area contributed by atoms with Gasteiger partial charge in [-0.25, -0.2) is 4.39 Å². The third-order valence-corrected chi connectivity index (χ3v) is 2.96. The van der Waals surface area contributed by atoms with Crippen molar-refractivity contribution in [2.24, 2.45) is 5.92 Å². The van der Waals surface area contributed by atoms with E-state index in [2.05, 4.69) is 0 Å². The monoisotopic (exact) mass is 270 g/mol. The standard InChI is InChI=1S/C14H19FO4/c1-8(14(16)17)5-10-6-11(9(2)15)13(19-4)12(7-10)18-3/h6-9H,5H2,1-4H3,(H,16,17). The van der Waals surface area contributed by atoms with Crippen molar-refractivity contribution in [2.45, 2.75) is 26.4 Å². The van der Waals surface area contributed by atoms with E-state index >= 15 is 0 Å². The second-order valence-corrected chi connectivity index (χ2v) is 4.48. The molecule has 1 aromatic rings. The number of carboxylic acid groups (broad SMARTS) is 1. The van der Waals surface area contributed by atoms with Crippen LogP contribution in [0.3, 0.4) is 0 Å². The molecule has 0 heterocycles. The molecule has 4 nitrogen and oxygen atoms in total. The zero-order chi connectivity index (χ0) is 14.6. The van der Waals surface area contributed by atoms with E-state index < -0.39 is 18.1 Å². The third kappa shape index (κ3) is 3.59. The summed E-state index contributed by atoms with van der Waals surface area (Å²) in [7, 11) is 2.91. The zero-order valence-corrected chi connectivity index (χ0v) is 11.6. The van der Waals surface area contributed by atoms with E-state index in [0.29, 0.717) is 29.0 Å². The summed E-state index contributed by atoms with van der Waals surface area (Å²) >= 11 is 0. The van der Waals surface area contributed by atoms with E-state index in [1.165, 1.54) is 21.1 Å². The second-order valence-electron chi connectivity index (χ2n) is 4.48. The molecule has 1 rings (SSSR count). The van der Waals surface area contributed by atoms with Crippen LogP contribution < -0.4 is 9.47 Å². The highest BCUT2D eigenvalue weighted by Gasteiger charge is 2.19. The molecule has 0 aromatic heterocycles. The molecular formula is C14H19FO4. The average molecular weight is 270 g/mol. The van der Waals surface area contributed by atoms with Crippen molar-refractivity contribution in [2.75, 3.05) is 14.2 Å². The molecule has 0 aliphatic rings. The number of aliphatic carboxylic acids is 1. The minimum atomic E-state index is -1.22. The van der Waals surface area contributed by atoms with Gasteiger partial charge in [0.15, 0.2) is 11.5 Å². The zero-order valence-electron chi connectivity index (χ0n) is 11.6. The predicted octanol–water partition coefficient (Wildman–Crippen LogP) is 3.00. The van der Waals surface area contributed by atoms with Gasteiger partial charge in [-0.15, -0.1) is 0 Å². The number of ether oxygens (including phenoxy) is 2. The lowest BCUT2D eigenvalue weighted by molar-refractivity contribution is -0.141. The van der Waals surface area contributed by atoms with Gasteiger partial charge < -0.3 is 14.6 Å². The normalized spacial score (nSPS) is 13.7. The van der Waals surface area contributed by atoms with Gasteiger partial charge in [0, 0.05) is 5.56 Å². The minimum Gasteiger partial charge on any atom is -0.493 e. The lowest BCUT2D eigenvalue weighted by Crippen LogP contribution is -2.12. The molecule has 1 N–H and O–H groups in total. The van der Waals surface area contributed by atoms with Gasteiger partial charge in [0.1, 0.15) is 6.17 Å². The van der Waals surface area contributed by atoms with Crippen molar-refractivity contribution in [3.05, 3.63) is 23.3 Å². The fourth-order valence-corrected chi connectivity index (χ4v) is 1.91. The summed E-state index contributed by atoms with van der Waals surface area (Å²) in [5, 5.41) is 8.92. The number of halogens is 1. The summed E-state index contributed by atoms with van der Waals surface area (Å²) in [4.78, 5) is 10.9. The first-order chi connectivity index (χ1) is 8.90. The first-order valence-corrected chi connectivity index (χ1v) is 6.02. The Kier molecular flexibility index (Phi) is 5.15. The Labute approximate surface area is 112 Å². The van der Waals surface area contributed by atoms with Gasteiger partial charge in [-0.1, -0.05) is 6.92 Å². The molecule has 2 unspecified atom stereocenters. The third-order valence-electron chi connectivity index (χ3n) is 2.96. The van der Waals surface area contributed by atoms with Gasteiger partial charge in [-0.05, 0) is 31.0 Å². The van der Waals surface area contributed by atoms with E-state index in [4.69, 9.17) is 14.6 Å². The quantitative estimate of drug-likeness (QED) is 0.863. The second kappa shape index (κ2) is 6.41. The van der Waals surface area contributed by atoms with E-state index in [-0.39, 0.29) is 0 Å². The summed E-state index contributed by atoms with van der Waals surface area (Å²) in [6.45, 7) is 3.01. The maximum atomic E-state index is 13.6. The number of benzene rings is 1. The van der Waals surface area contributed by atoms with Gasteiger partial charge in [0.25, 0.3) is 0 Å². The first-order valence-electron chi connectivity index (χ1n) is 6.02. The summed E-state index contributed by atoms with van der Waals surface area (Å²) in [5.41, 5.74) is 1.08. The number of hydrogen-bond donors (Lipinski definition) is 1. The van der Waals surface area contributed by atoms with Gasteiger partial charge >= 0.3 is 5.97 Å². The predicted molar refractivity (Wildman–Crippen MR) is 69.6 cm³/mol. The van der Waals surface area contributed by atoms with Crippen LogP contribution in [0, 0.1) is 5.92 Å². The molecule has 0 aliphatic carbocycles. The van der Waals surface area contributed by atoms with Gasteiger partial charge in [-0.3, -0.25) is 4.79 Å². The van der Waals surface area contributed by atoms with Crippen LogP contribution in [0.4, 0.5) is 4.39 Å². The molecule has 0 aliphatic heterocycles. The molecule has 0 fully saturated rings. The van der Waals surface area contributed by atoms with Crippen LogP contribution in [-0.2, 0) is 11.2 Å². The highest BCUT2D eigenvalue weighted by atomic mass is 19.1. The van der Waals surface area contributed by atoms with Crippen molar-refractivity contribution in [3.8, 4) is 11.5 Å². The Bertz CT molecular complexity index is 457. The molecule has 106 valence electrons. The van der Waals surface area contributed by atoms with Crippen molar-refractivity contribution in [1.29, 1.82) is 0 Å². The maximum absolute atomic E-state index is 13.6. The summed E-state index contributed by atoms with van der Waals surface area (Å²) in [6.07, 6.45) is -0.904. The summed E-state index contributed by atoms with van der Waals surface area (Å²) in [5.74, 6) is -0.660. The molecule has 0 bridgehead atoms. The molecule has 5 heteroatoms. The van der Waals surface area contributed by atoms with Crippen LogP contribution in [0.15, 0.2) is 12.1 Å². The van der Waals surface area contributed by atoms with E-state index in [9.17, 15) is 9.18 Å². The molecule has 2 atom stereocenters. The van der Waals surface area contributed by atoms with Crippen LogP contribution in [-0.4, -0.2) is 25.3 Å². The number of alkyl halides is 1. The SMILES string of the molecule is COc1cc(CC(C)C(=O)O)cc(C(C)F)c1OC. The van der Waals surface area contributed by atoms with Crippen molar-refractivity contribution < 1.29 is 23.8 Å². The fraction of sp³-hybridized carbons (Fsp3) is 0.500. The molecule has 19 heavy (non-hydrogen) atoms. The van der Waals surface area contributed by atoms with Crippen LogP contribution in [0.1, 0.15) is 31.1 Å². The number of hydrogen-bond acceptors (Lipinski definition) is 3. The molecule has 0 saturated heterocycles. The average Bonchev–Trinajstić information content (AvgIpc) is 2.37. The van der Waals surface area contributed by atoms with E-state index in [1.807, 2.05) is 0 Å². The number of carboxylic acids is 1. The lowest BCUT2D eigenvalue weighted by atomic mass is 9.97. The van der Waals surface area contributed by atoms with Crippen LogP contribution >= 0.6 is 0 Å². The fourth-order valence-electron chi connectivity index (χ4n) is 1.91. The van der Waals surface area contributed by atoms with Crippen molar-refractivity contribution >= 4 is 5.97 Å². The van der Waals surface area contributed by atoms with Crippen LogP contribution in [0.2, 0.25) is 0 Å². The van der Waals surface area contributed by atoms with Crippen LogP contribution in [0.5, 0.6) is 11.5 Å². The lowest BCUT2D eigenvalue weighted by Gasteiger charge is -2.16. The Hall–Kier alpha value is -1.78. The molecule has 0 saturated carbocycles. The molecule has 0 radical (unpaired) electrons. The van der Waals surface area contributed by atoms with Gasteiger partial charge in [0.05, 0.1) is 20.1 Å². The minimum absolute atomic E-state index is 0.315. The Balaban J connectivity index is 3.21. The number of rotatable bonds is 6. The smallest absolute Gasteiger partial charge is 0.306 e. The van der Waals surface area contributed by atoms with E-state index in [1.54, 1.807) is 19.1 Å². The largest absolute Gasteiger partial charge is 0.493 e. The van der Waals surface area contributed by atoms with Gasteiger partial charge in [0.2, 0.25) is 0 Å². The van der Waals surface area contributed by atoms with Crippen LogP contribution in [0.25, 0.3) is 0 Å². The first kappa shape index (κ1) is 15.3. The summed E-state index contributed by atoms with van der Waals surface area (Å²) in [6, 6.07) is 3.32. The molecule has 1 aromatic carbocycles. The Morgan fingerprint density at radius 1 is 1.32 bits per heavy atom.